The maximum Gasteiger partial charge on any atom is 0.419 e. The molecule has 8 heteroatoms. The van der Waals surface area contributed by atoms with E-state index in [4.69, 9.17) is 9.84 Å². The second-order valence-electron chi connectivity index (χ2n) is 7.05. The van der Waals surface area contributed by atoms with Crippen molar-refractivity contribution in [1.29, 1.82) is 0 Å². The SMILES string of the molecule is CC(Cc1cccc(OCC2CN(c3ncccc3C(F)(F)F)C2)c1)C(=O)O. The highest BCUT2D eigenvalue weighted by molar-refractivity contribution is 5.69. The van der Waals surface area contributed by atoms with Crippen LogP contribution in [0, 0.1) is 11.8 Å². The number of rotatable bonds is 7. The summed E-state index contributed by atoms with van der Waals surface area (Å²) >= 11 is 0. The van der Waals surface area contributed by atoms with Crippen molar-refractivity contribution in [2.75, 3.05) is 24.6 Å². The lowest BCUT2D eigenvalue weighted by Crippen LogP contribution is -2.50. The van der Waals surface area contributed by atoms with Crippen LogP contribution >= 0.6 is 0 Å². The molecule has 1 fully saturated rings. The molecule has 28 heavy (non-hydrogen) atoms. The van der Waals surface area contributed by atoms with E-state index in [1.165, 1.54) is 12.3 Å². The van der Waals surface area contributed by atoms with Gasteiger partial charge in [0.1, 0.15) is 11.6 Å². The van der Waals surface area contributed by atoms with Crippen LogP contribution in [0.3, 0.4) is 0 Å². The smallest absolute Gasteiger partial charge is 0.419 e. The van der Waals surface area contributed by atoms with E-state index in [0.717, 1.165) is 11.6 Å². The predicted octanol–water partition coefficient (Wildman–Crippen LogP) is 3.88. The van der Waals surface area contributed by atoms with Gasteiger partial charge >= 0.3 is 12.1 Å². The molecule has 1 unspecified atom stereocenters. The van der Waals surface area contributed by atoms with Crippen molar-refractivity contribution < 1.29 is 27.8 Å². The highest BCUT2D eigenvalue weighted by Gasteiger charge is 2.38. The standard InChI is InChI=1S/C20H21F3N2O3/c1-13(19(26)27)8-14-4-2-5-16(9-14)28-12-15-10-25(11-15)18-17(20(21,22)23)6-3-7-24-18/h2-7,9,13,15H,8,10-12H2,1H3,(H,26,27). The Balaban J connectivity index is 1.53. The maximum atomic E-state index is 13.1. The summed E-state index contributed by atoms with van der Waals surface area (Å²) in [5.41, 5.74) is 0.139. The van der Waals surface area contributed by atoms with Crippen molar-refractivity contribution in [2.24, 2.45) is 11.8 Å². The van der Waals surface area contributed by atoms with Crippen molar-refractivity contribution in [3.63, 3.8) is 0 Å². The van der Waals surface area contributed by atoms with Crippen molar-refractivity contribution in [1.82, 2.24) is 4.98 Å². The van der Waals surface area contributed by atoms with E-state index < -0.39 is 23.6 Å². The van der Waals surface area contributed by atoms with Crippen LogP contribution in [0.25, 0.3) is 0 Å². The number of carboxylic acid groups (broad SMARTS) is 1. The predicted molar refractivity (Wildman–Crippen MR) is 97.4 cm³/mol. The minimum atomic E-state index is -4.43. The van der Waals surface area contributed by atoms with Crippen LogP contribution in [0.5, 0.6) is 5.75 Å². The first-order valence-corrected chi connectivity index (χ1v) is 8.95. The number of anilines is 1. The Morgan fingerprint density at radius 1 is 1.32 bits per heavy atom. The molecule has 1 aliphatic rings. The third-order valence-corrected chi connectivity index (χ3v) is 4.70. The van der Waals surface area contributed by atoms with Crippen LogP contribution in [-0.4, -0.2) is 35.8 Å². The molecule has 150 valence electrons. The topological polar surface area (TPSA) is 62.7 Å². The molecule has 1 aromatic carbocycles. The second kappa shape index (κ2) is 8.08. The van der Waals surface area contributed by atoms with Crippen molar-refractivity contribution in [3.8, 4) is 5.75 Å². The minimum Gasteiger partial charge on any atom is -0.493 e. The van der Waals surface area contributed by atoms with Crippen LogP contribution in [0.15, 0.2) is 42.6 Å². The summed E-state index contributed by atoms with van der Waals surface area (Å²) in [6, 6.07) is 9.55. The van der Waals surface area contributed by atoms with Crippen molar-refractivity contribution in [3.05, 3.63) is 53.7 Å². The fraction of sp³-hybridized carbons (Fsp3) is 0.400. The first-order valence-electron chi connectivity index (χ1n) is 8.95. The summed E-state index contributed by atoms with van der Waals surface area (Å²) < 4.78 is 45.0. The molecule has 0 aliphatic carbocycles. The summed E-state index contributed by atoms with van der Waals surface area (Å²) in [6.07, 6.45) is -2.67. The number of benzene rings is 1. The average molecular weight is 394 g/mol. The number of aliphatic carboxylic acids is 1. The Hall–Kier alpha value is -2.77. The summed E-state index contributed by atoms with van der Waals surface area (Å²) in [5, 5.41) is 9.01. The molecule has 5 nitrogen and oxygen atoms in total. The minimum absolute atomic E-state index is 0.0455. The zero-order chi connectivity index (χ0) is 20.3. The van der Waals surface area contributed by atoms with Crippen LogP contribution in [0.4, 0.5) is 19.0 Å². The number of carbonyl (C=O) groups is 1. The van der Waals surface area contributed by atoms with E-state index in [9.17, 15) is 18.0 Å². The van der Waals surface area contributed by atoms with Gasteiger partial charge in [-0.15, -0.1) is 0 Å². The first-order chi connectivity index (χ1) is 13.2. The van der Waals surface area contributed by atoms with Gasteiger partial charge in [0.25, 0.3) is 0 Å². The number of nitrogens with zero attached hydrogens (tertiary/aromatic N) is 2. The molecule has 0 saturated carbocycles. The number of hydrogen-bond donors (Lipinski definition) is 1. The Morgan fingerprint density at radius 3 is 2.75 bits per heavy atom. The third-order valence-electron chi connectivity index (χ3n) is 4.70. The lowest BCUT2D eigenvalue weighted by Gasteiger charge is -2.40. The molecule has 0 amide bonds. The highest BCUT2D eigenvalue weighted by atomic mass is 19.4. The van der Waals surface area contributed by atoms with Crippen LogP contribution in [-0.2, 0) is 17.4 Å². The fourth-order valence-electron chi connectivity index (χ4n) is 3.14. The quantitative estimate of drug-likeness (QED) is 0.772. The van der Waals surface area contributed by atoms with Crippen molar-refractivity contribution in [2.45, 2.75) is 19.5 Å². The lowest BCUT2D eigenvalue weighted by atomic mass is 10.00. The molecule has 1 aliphatic heterocycles. The Labute approximate surface area is 160 Å². The van der Waals surface area contributed by atoms with Gasteiger partial charge in [-0.25, -0.2) is 4.98 Å². The first kappa shape index (κ1) is 20.0. The van der Waals surface area contributed by atoms with Gasteiger partial charge in [-0.05, 0) is 36.2 Å². The van der Waals surface area contributed by atoms with Crippen LogP contribution in [0.2, 0.25) is 0 Å². The number of hydrogen-bond acceptors (Lipinski definition) is 4. The largest absolute Gasteiger partial charge is 0.493 e. The van der Waals surface area contributed by atoms with E-state index >= 15 is 0 Å². The maximum absolute atomic E-state index is 13.1. The molecular formula is C20H21F3N2O3. The monoisotopic (exact) mass is 394 g/mol. The normalized spacial score (nSPS) is 15.8. The molecule has 1 atom stereocenters. The molecule has 1 saturated heterocycles. The highest BCUT2D eigenvalue weighted by Crippen LogP contribution is 2.37. The number of aromatic nitrogens is 1. The number of halogens is 3. The molecular weight excluding hydrogens is 373 g/mol. The van der Waals surface area contributed by atoms with Gasteiger partial charge in [-0.3, -0.25) is 4.79 Å². The van der Waals surface area contributed by atoms with Gasteiger partial charge in [-0.1, -0.05) is 19.1 Å². The molecule has 2 aromatic rings. The van der Waals surface area contributed by atoms with E-state index in [-0.39, 0.29) is 11.7 Å². The van der Waals surface area contributed by atoms with Gasteiger partial charge in [0, 0.05) is 25.2 Å². The fourth-order valence-corrected chi connectivity index (χ4v) is 3.14. The lowest BCUT2D eigenvalue weighted by molar-refractivity contribution is -0.141. The van der Waals surface area contributed by atoms with E-state index in [1.807, 2.05) is 6.07 Å². The summed E-state index contributed by atoms with van der Waals surface area (Å²) in [7, 11) is 0. The number of carboxylic acids is 1. The van der Waals surface area contributed by atoms with E-state index in [1.54, 1.807) is 30.0 Å². The molecule has 0 radical (unpaired) electrons. The number of ether oxygens (including phenoxy) is 1. The molecule has 3 rings (SSSR count). The van der Waals surface area contributed by atoms with Crippen LogP contribution in [0.1, 0.15) is 18.1 Å². The number of alkyl halides is 3. The summed E-state index contributed by atoms with van der Waals surface area (Å²) in [6.45, 7) is 2.90. The van der Waals surface area contributed by atoms with Crippen molar-refractivity contribution >= 4 is 11.8 Å². The molecule has 0 spiro atoms. The van der Waals surface area contributed by atoms with Gasteiger partial charge in [-0.2, -0.15) is 13.2 Å². The zero-order valence-corrected chi connectivity index (χ0v) is 15.3. The summed E-state index contributed by atoms with van der Waals surface area (Å²) in [5.74, 6) is -0.659. The Kier molecular flexibility index (Phi) is 5.76. The van der Waals surface area contributed by atoms with E-state index in [0.29, 0.717) is 31.9 Å². The zero-order valence-electron chi connectivity index (χ0n) is 15.3. The van der Waals surface area contributed by atoms with Crippen LogP contribution < -0.4 is 9.64 Å². The van der Waals surface area contributed by atoms with Gasteiger partial charge in [0.15, 0.2) is 0 Å². The summed E-state index contributed by atoms with van der Waals surface area (Å²) in [4.78, 5) is 16.5. The molecule has 2 heterocycles. The van der Waals surface area contributed by atoms with E-state index in [2.05, 4.69) is 4.98 Å². The second-order valence-corrected chi connectivity index (χ2v) is 7.05. The van der Waals surface area contributed by atoms with Gasteiger partial charge in [0.2, 0.25) is 0 Å². The Morgan fingerprint density at radius 2 is 2.07 bits per heavy atom. The number of pyridine rings is 1. The Bertz CT molecular complexity index is 835. The average Bonchev–Trinajstić information content (AvgIpc) is 2.60. The van der Waals surface area contributed by atoms with Gasteiger partial charge < -0.3 is 14.7 Å². The molecule has 1 aromatic heterocycles. The third kappa shape index (κ3) is 4.74. The molecule has 0 bridgehead atoms. The van der Waals surface area contributed by atoms with Gasteiger partial charge in [0.05, 0.1) is 18.1 Å². The molecule has 1 N–H and O–H groups in total.